The number of hydrogen-bond donors (Lipinski definition) is 2. The van der Waals surface area contributed by atoms with Crippen molar-refractivity contribution >= 4 is 28.3 Å². The minimum Gasteiger partial charge on any atom is -0.369 e. The molecule has 1 aliphatic heterocycles. The third kappa shape index (κ3) is 4.34. The number of likely N-dealkylation sites (tertiary alicyclic amines) is 1. The lowest BCUT2D eigenvalue weighted by atomic mass is 9.97. The number of rotatable bonds is 5. The number of primary amides is 1. The summed E-state index contributed by atoms with van der Waals surface area (Å²) in [4.78, 5) is 39.2. The van der Waals surface area contributed by atoms with Crippen molar-refractivity contribution in [2.75, 3.05) is 18.4 Å². The zero-order chi connectivity index (χ0) is 22.0. The number of carbonyl (C=O) groups is 2. The first kappa shape index (κ1) is 20.7. The molecule has 1 atom stereocenters. The average Bonchev–Trinajstić information content (AvgIpc) is 2.77. The Morgan fingerprint density at radius 3 is 2.61 bits per heavy atom. The highest BCUT2D eigenvalue weighted by Crippen LogP contribution is 2.23. The van der Waals surface area contributed by atoms with Crippen molar-refractivity contribution < 1.29 is 9.59 Å². The van der Waals surface area contributed by atoms with Crippen LogP contribution in [-0.2, 0) is 18.4 Å². The summed E-state index contributed by atoms with van der Waals surface area (Å²) < 4.78 is 1.18. The molecule has 1 unspecified atom stereocenters. The number of nitrogens with two attached hydrogens (primary N) is 1. The number of benzene rings is 2. The Morgan fingerprint density at radius 2 is 1.84 bits per heavy atom. The Balaban J connectivity index is 1.59. The molecule has 2 heterocycles. The van der Waals surface area contributed by atoms with E-state index < -0.39 is 0 Å². The van der Waals surface area contributed by atoms with Gasteiger partial charge < -0.3 is 11.1 Å². The summed E-state index contributed by atoms with van der Waals surface area (Å²) in [7, 11) is 1.53. The zero-order valence-electron chi connectivity index (χ0n) is 17.4. The van der Waals surface area contributed by atoms with Gasteiger partial charge in [-0.2, -0.15) is 5.10 Å². The summed E-state index contributed by atoms with van der Waals surface area (Å²) >= 11 is 0. The standard InChI is InChI=1S/C23H25N5O3/c1-27-23(31)18-10-4-3-9-17(18)20(26-27)22(30)25-19-11-5-2-7-15(19)13-28-12-6-8-16(14-28)21(24)29/h2-5,7,9-11,16H,6,8,12-14H2,1H3,(H2,24,29)(H,25,30). The Bertz CT molecular complexity index is 1200. The number of fused-ring (bicyclic) bond motifs is 1. The van der Waals surface area contributed by atoms with Gasteiger partial charge in [0.15, 0.2) is 5.69 Å². The molecule has 3 aromatic rings. The number of aryl methyl sites for hydroxylation is 1. The highest BCUT2D eigenvalue weighted by molar-refractivity contribution is 6.11. The van der Waals surface area contributed by atoms with Gasteiger partial charge in [-0.15, -0.1) is 0 Å². The summed E-state index contributed by atoms with van der Waals surface area (Å²) in [6, 6.07) is 14.5. The number of nitrogens with zero attached hydrogens (tertiary/aromatic N) is 3. The van der Waals surface area contributed by atoms with Crippen molar-refractivity contribution in [3.8, 4) is 0 Å². The van der Waals surface area contributed by atoms with E-state index in [-0.39, 0.29) is 29.0 Å². The first-order valence-corrected chi connectivity index (χ1v) is 10.3. The molecule has 8 nitrogen and oxygen atoms in total. The third-order valence-electron chi connectivity index (χ3n) is 5.74. The number of hydrogen-bond acceptors (Lipinski definition) is 5. The van der Waals surface area contributed by atoms with E-state index >= 15 is 0 Å². The van der Waals surface area contributed by atoms with Crippen molar-refractivity contribution in [2.24, 2.45) is 18.7 Å². The Labute approximate surface area is 179 Å². The fourth-order valence-electron chi connectivity index (χ4n) is 4.10. The molecule has 1 fully saturated rings. The molecule has 2 aromatic carbocycles. The molecule has 2 amide bonds. The molecular formula is C23H25N5O3. The first-order chi connectivity index (χ1) is 14.9. The van der Waals surface area contributed by atoms with Gasteiger partial charge in [-0.05, 0) is 37.1 Å². The van der Waals surface area contributed by atoms with E-state index in [0.717, 1.165) is 24.9 Å². The number of anilines is 1. The van der Waals surface area contributed by atoms with E-state index in [0.29, 0.717) is 29.5 Å². The molecule has 0 radical (unpaired) electrons. The molecule has 0 aliphatic carbocycles. The lowest BCUT2D eigenvalue weighted by Gasteiger charge is -2.31. The quantitative estimate of drug-likeness (QED) is 0.656. The van der Waals surface area contributed by atoms with Crippen molar-refractivity contribution in [3.05, 3.63) is 70.1 Å². The molecule has 4 rings (SSSR count). The summed E-state index contributed by atoms with van der Waals surface area (Å²) in [6.45, 7) is 2.09. The van der Waals surface area contributed by atoms with Gasteiger partial charge in [-0.3, -0.25) is 19.3 Å². The van der Waals surface area contributed by atoms with Crippen LogP contribution in [0.15, 0.2) is 53.3 Å². The molecule has 1 saturated heterocycles. The molecule has 1 aliphatic rings. The van der Waals surface area contributed by atoms with E-state index in [2.05, 4.69) is 15.3 Å². The minimum absolute atomic E-state index is 0.142. The predicted octanol–water partition coefficient (Wildman–Crippen LogP) is 1.88. The fraction of sp³-hybridized carbons (Fsp3) is 0.304. The largest absolute Gasteiger partial charge is 0.369 e. The maximum absolute atomic E-state index is 13.1. The van der Waals surface area contributed by atoms with Crippen LogP contribution in [0.5, 0.6) is 0 Å². The second kappa shape index (κ2) is 8.69. The summed E-state index contributed by atoms with van der Waals surface area (Å²) in [5, 5.41) is 8.12. The number of nitrogens with one attached hydrogen (secondary N) is 1. The smallest absolute Gasteiger partial charge is 0.276 e. The van der Waals surface area contributed by atoms with Gasteiger partial charge in [-0.25, -0.2) is 4.68 Å². The average molecular weight is 419 g/mol. The van der Waals surface area contributed by atoms with Crippen LogP contribution in [0, 0.1) is 5.92 Å². The monoisotopic (exact) mass is 419 g/mol. The highest BCUT2D eigenvalue weighted by atomic mass is 16.2. The number of piperidine rings is 1. The molecule has 31 heavy (non-hydrogen) atoms. The molecule has 3 N–H and O–H groups in total. The van der Waals surface area contributed by atoms with E-state index in [9.17, 15) is 14.4 Å². The number of amides is 2. The Hall–Kier alpha value is -3.52. The van der Waals surface area contributed by atoms with Gasteiger partial charge in [0.2, 0.25) is 5.91 Å². The number of para-hydroxylation sites is 1. The van der Waals surface area contributed by atoms with Gasteiger partial charge in [0.1, 0.15) is 0 Å². The van der Waals surface area contributed by atoms with Crippen LogP contribution in [0.2, 0.25) is 0 Å². The maximum atomic E-state index is 13.1. The van der Waals surface area contributed by atoms with E-state index in [1.807, 2.05) is 24.3 Å². The van der Waals surface area contributed by atoms with Gasteiger partial charge in [0, 0.05) is 31.2 Å². The van der Waals surface area contributed by atoms with Crippen molar-refractivity contribution in [3.63, 3.8) is 0 Å². The normalized spacial score (nSPS) is 16.9. The number of carbonyl (C=O) groups excluding carboxylic acids is 2. The molecule has 1 aromatic heterocycles. The molecule has 8 heteroatoms. The van der Waals surface area contributed by atoms with Crippen LogP contribution in [0.1, 0.15) is 28.9 Å². The van der Waals surface area contributed by atoms with Crippen molar-refractivity contribution in [1.82, 2.24) is 14.7 Å². The summed E-state index contributed by atoms with van der Waals surface area (Å²) in [6.07, 6.45) is 1.73. The lowest BCUT2D eigenvalue weighted by Crippen LogP contribution is -2.40. The lowest BCUT2D eigenvalue weighted by molar-refractivity contribution is -0.123. The third-order valence-corrected chi connectivity index (χ3v) is 5.74. The van der Waals surface area contributed by atoms with Gasteiger partial charge in [0.05, 0.1) is 11.3 Å². The van der Waals surface area contributed by atoms with Crippen LogP contribution >= 0.6 is 0 Å². The van der Waals surface area contributed by atoms with E-state index in [1.165, 1.54) is 11.7 Å². The maximum Gasteiger partial charge on any atom is 0.276 e. The van der Waals surface area contributed by atoms with Crippen molar-refractivity contribution in [2.45, 2.75) is 19.4 Å². The van der Waals surface area contributed by atoms with Crippen LogP contribution in [0.25, 0.3) is 10.8 Å². The van der Waals surface area contributed by atoms with Crippen molar-refractivity contribution in [1.29, 1.82) is 0 Å². The van der Waals surface area contributed by atoms with Crippen LogP contribution in [0.4, 0.5) is 5.69 Å². The summed E-state index contributed by atoms with van der Waals surface area (Å²) in [5.41, 5.74) is 7.06. The molecule has 0 saturated carbocycles. The topological polar surface area (TPSA) is 110 Å². The minimum atomic E-state index is -0.382. The van der Waals surface area contributed by atoms with Gasteiger partial charge >= 0.3 is 0 Å². The van der Waals surface area contributed by atoms with Gasteiger partial charge in [0.25, 0.3) is 11.5 Å². The molecule has 0 bridgehead atoms. The molecular weight excluding hydrogens is 394 g/mol. The SMILES string of the molecule is Cn1nc(C(=O)Nc2ccccc2CN2CCCC(C(N)=O)C2)c2ccccc2c1=O. The Kier molecular flexibility index (Phi) is 5.81. The number of aromatic nitrogens is 2. The summed E-state index contributed by atoms with van der Waals surface area (Å²) in [5.74, 6) is -0.788. The van der Waals surface area contributed by atoms with Crippen LogP contribution in [-0.4, -0.2) is 39.6 Å². The second-order valence-electron chi connectivity index (χ2n) is 7.91. The Morgan fingerprint density at radius 1 is 1.13 bits per heavy atom. The molecule has 0 spiro atoms. The predicted molar refractivity (Wildman–Crippen MR) is 119 cm³/mol. The van der Waals surface area contributed by atoms with E-state index in [4.69, 9.17) is 5.73 Å². The highest BCUT2D eigenvalue weighted by Gasteiger charge is 2.24. The van der Waals surface area contributed by atoms with Crippen LogP contribution in [0.3, 0.4) is 0 Å². The first-order valence-electron chi connectivity index (χ1n) is 10.3. The zero-order valence-corrected chi connectivity index (χ0v) is 17.4. The fourth-order valence-corrected chi connectivity index (χ4v) is 4.10. The van der Waals surface area contributed by atoms with Crippen LogP contribution < -0.4 is 16.6 Å². The second-order valence-corrected chi connectivity index (χ2v) is 7.91. The molecule has 160 valence electrons. The van der Waals surface area contributed by atoms with Gasteiger partial charge in [-0.1, -0.05) is 36.4 Å². The van der Waals surface area contributed by atoms with E-state index in [1.54, 1.807) is 24.3 Å².